The molecule has 1 aromatic carbocycles. The van der Waals surface area contributed by atoms with Gasteiger partial charge in [0, 0.05) is 5.02 Å². The lowest BCUT2D eigenvalue weighted by Crippen LogP contribution is -2.08. The quantitative estimate of drug-likeness (QED) is 0.521. The fraction of sp³-hybridized carbons (Fsp3) is 0. The van der Waals surface area contributed by atoms with Gasteiger partial charge in [-0.25, -0.2) is 0 Å². The van der Waals surface area contributed by atoms with Crippen LogP contribution in [0.4, 0.5) is 5.69 Å². The molecule has 2 aromatic rings. The maximum atomic E-state index is 11.8. The molecule has 18 heavy (non-hydrogen) atoms. The minimum atomic E-state index is -0.298. The molecule has 0 fully saturated rings. The molecule has 3 nitrogen and oxygen atoms in total. The summed E-state index contributed by atoms with van der Waals surface area (Å²) in [6, 6.07) is 10.4. The average Bonchev–Trinajstić information content (AvgIpc) is 2.90. The minimum Gasteiger partial charge on any atom is -0.285 e. The number of rotatable bonds is 4. The van der Waals surface area contributed by atoms with Gasteiger partial charge in [0.05, 0.1) is 10.6 Å². The molecule has 0 atom stereocenters. The van der Waals surface area contributed by atoms with Crippen molar-refractivity contribution >= 4 is 51.2 Å². The van der Waals surface area contributed by atoms with Gasteiger partial charge in [-0.05, 0) is 35.7 Å². The average molecular weight is 299 g/mol. The van der Waals surface area contributed by atoms with E-state index in [4.69, 9.17) is 23.2 Å². The van der Waals surface area contributed by atoms with Gasteiger partial charge in [-0.2, -0.15) is 5.10 Å². The van der Waals surface area contributed by atoms with E-state index in [1.807, 2.05) is 5.38 Å². The molecule has 0 aliphatic carbocycles. The van der Waals surface area contributed by atoms with E-state index in [-0.39, 0.29) is 11.0 Å². The first-order valence-corrected chi connectivity index (χ1v) is 6.63. The standard InChI is InChI=1S/C12H8Cl2N2OS/c13-8-3-5-9(6-4-8)15-16-12(14)11(17)10-2-1-7-18-10/h1-7,15H/b16-12-. The minimum absolute atomic E-state index is 0.104. The zero-order chi connectivity index (χ0) is 13.0. The Morgan fingerprint density at radius 3 is 2.56 bits per heavy atom. The number of halogens is 2. The molecule has 1 heterocycles. The molecule has 92 valence electrons. The second-order valence-corrected chi connectivity index (χ2v) is 5.07. The molecule has 0 bridgehead atoms. The SMILES string of the molecule is O=C(/C(Cl)=N/Nc1ccc(Cl)cc1)c1cccs1. The number of nitrogens with one attached hydrogen (secondary N) is 1. The predicted molar refractivity (Wildman–Crippen MR) is 77.0 cm³/mol. The number of thiophene rings is 1. The van der Waals surface area contributed by atoms with Crippen molar-refractivity contribution in [2.24, 2.45) is 5.10 Å². The monoisotopic (exact) mass is 298 g/mol. The van der Waals surface area contributed by atoms with Crippen molar-refractivity contribution in [3.63, 3.8) is 0 Å². The van der Waals surface area contributed by atoms with Gasteiger partial charge >= 0.3 is 0 Å². The zero-order valence-electron chi connectivity index (χ0n) is 9.06. The van der Waals surface area contributed by atoms with Crippen molar-refractivity contribution in [2.75, 3.05) is 5.43 Å². The number of nitrogens with zero attached hydrogens (tertiary/aromatic N) is 1. The Balaban J connectivity index is 2.05. The number of ketones is 1. The van der Waals surface area contributed by atoms with Crippen LogP contribution in [0.3, 0.4) is 0 Å². The van der Waals surface area contributed by atoms with Gasteiger partial charge < -0.3 is 0 Å². The molecule has 0 spiro atoms. The van der Waals surface area contributed by atoms with Crippen LogP contribution in [0.25, 0.3) is 0 Å². The molecule has 2 rings (SSSR count). The van der Waals surface area contributed by atoms with Crippen molar-refractivity contribution in [1.82, 2.24) is 0 Å². The molecule has 0 amide bonds. The lowest BCUT2D eigenvalue weighted by molar-refractivity contribution is 0.107. The normalized spacial score (nSPS) is 11.3. The van der Waals surface area contributed by atoms with Crippen molar-refractivity contribution < 1.29 is 4.79 Å². The largest absolute Gasteiger partial charge is 0.285 e. The lowest BCUT2D eigenvalue weighted by Gasteiger charge is -2.00. The molecule has 0 saturated heterocycles. The third-order valence-electron chi connectivity index (χ3n) is 2.06. The highest BCUT2D eigenvalue weighted by molar-refractivity contribution is 7.14. The summed E-state index contributed by atoms with van der Waals surface area (Å²) in [7, 11) is 0. The Kier molecular flexibility index (Phi) is 4.36. The van der Waals surface area contributed by atoms with Crippen LogP contribution in [-0.4, -0.2) is 11.0 Å². The molecule has 0 saturated carbocycles. The van der Waals surface area contributed by atoms with E-state index in [1.165, 1.54) is 11.3 Å². The van der Waals surface area contributed by atoms with Crippen LogP contribution in [-0.2, 0) is 0 Å². The second kappa shape index (κ2) is 6.00. The summed E-state index contributed by atoms with van der Waals surface area (Å²) in [5.41, 5.74) is 3.40. The molecular weight excluding hydrogens is 291 g/mol. The van der Waals surface area contributed by atoms with E-state index >= 15 is 0 Å². The summed E-state index contributed by atoms with van der Waals surface area (Å²) in [6.07, 6.45) is 0. The van der Waals surface area contributed by atoms with Crippen molar-refractivity contribution in [3.8, 4) is 0 Å². The number of anilines is 1. The predicted octanol–water partition coefficient (Wildman–Crippen LogP) is 4.25. The van der Waals surface area contributed by atoms with E-state index < -0.39 is 0 Å². The van der Waals surface area contributed by atoms with Gasteiger partial charge in [-0.15, -0.1) is 11.3 Å². The van der Waals surface area contributed by atoms with Crippen LogP contribution in [0.5, 0.6) is 0 Å². The number of carbonyl (C=O) groups is 1. The summed E-state index contributed by atoms with van der Waals surface area (Å²) in [5.74, 6) is -0.298. The van der Waals surface area contributed by atoms with Gasteiger partial charge in [-0.3, -0.25) is 10.2 Å². The smallest absolute Gasteiger partial charge is 0.234 e. The first-order valence-electron chi connectivity index (χ1n) is 5.00. The van der Waals surface area contributed by atoms with Crippen LogP contribution in [0.15, 0.2) is 46.9 Å². The molecule has 0 unspecified atom stereocenters. The van der Waals surface area contributed by atoms with Crippen LogP contribution < -0.4 is 5.43 Å². The van der Waals surface area contributed by atoms with E-state index in [1.54, 1.807) is 36.4 Å². The van der Waals surface area contributed by atoms with Crippen LogP contribution in [0, 0.1) is 0 Å². The van der Waals surface area contributed by atoms with E-state index in [0.29, 0.717) is 15.6 Å². The Bertz CT molecular complexity index is 564. The molecule has 6 heteroatoms. The Hall–Kier alpha value is -1.36. The number of hydrazone groups is 1. The van der Waals surface area contributed by atoms with Crippen molar-refractivity contribution in [2.45, 2.75) is 0 Å². The maximum Gasteiger partial charge on any atom is 0.234 e. The lowest BCUT2D eigenvalue weighted by atomic mass is 10.3. The Labute approximate surface area is 118 Å². The van der Waals surface area contributed by atoms with Crippen molar-refractivity contribution in [1.29, 1.82) is 0 Å². The molecular formula is C12H8Cl2N2OS. The fourth-order valence-electron chi connectivity index (χ4n) is 1.20. The Morgan fingerprint density at radius 1 is 1.22 bits per heavy atom. The van der Waals surface area contributed by atoms with Gasteiger partial charge in [0.1, 0.15) is 0 Å². The topological polar surface area (TPSA) is 41.5 Å². The van der Waals surface area contributed by atoms with Crippen LogP contribution in [0.1, 0.15) is 9.67 Å². The molecule has 1 aromatic heterocycles. The van der Waals surface area contributed by atoms with Crippen molar-refractivity contribution in [3.05, 3.63) is 51.7 Å². The highest BCUT2D eigenvalue weighted by atomic mass is 35.5. The number of hydrogen-bond donors (Lipinski definition) is 1. The maximum absolute atomic E-state index is 11.8. The molecule has 0 aliphatic heterocycles. The fourth-order valence-corrected chi connectivity index (χ4v) is 2.19. The highest BCUT2D eigenvalue weighted by Gasteiger charge is 2.12. The third-order valence-corrected chi connectivity index (χ3v) is 3.44. The summed E-state index contributed by atoms with van der Waals surface area (Å²) < 4.78 is 0. The number of carbonyl (C=O) groups excluding carboxylic acids is 1. The van der Waals surface area contributed by atoms with E-state index in [2.05, 4.69) is 10.5 Å². The van der Waals surface area contributed by atoms with Gasteiger partial charge in [0.15, 0.2) is 5.17 Å². The molecule has 1 N–H and O–H groups in total. The van der Waals surface area contributed by atoms with Gasteiger partial charge in [0.25, 0.3) is 0 Å². The third kappa shape index (κ3) is 3.32. The summed E-state index contributed by atoms with van der Waals surface area (Å²) in [4.78, 5) is 12.3. The summed E-state index contributed by atoms with van der Waals surface area (Å²) in [5, 5.41) is 6.16. The number of Topliss-reactive ketones (excluding diaryl/α,β-unsaturated/α-hetero) is 1. The van der Waals surface area contributed by atoms with E-state index in [0.717, 1.165) is 0 Å². The summed E-state index contributed by atoms with van der Waals surface area (Å²) in [6.45, 7) is 0. The highest BCUT2D eigenvalue weighted by Crippen LogP contribution is 2.15. The van der Waals surface area contributed by atoms with Crippen LogP contribution in [0.2, 0.25) is 5.02 Å². The van der Waals surface area contributed by atoms with E-state index in [9.17, 15) is 4.79 Å². The number of hydrogen-bond acceptors (Lipinski definition) is 4. The Morgan fingerprint density at radius 2 is 1.94 bits per heavy atom. The first-order chi connectivity index (χ1) is 8.66. The van der Waals surface area contributed by atoms with Gasteiger partial charge in [-0.1, -0.05) is 29.3 Å². The molecule has 0 aliphatic rings. The van der Waals surface area contributed by atoms with Gasteiger partial charge in [0.2, 0.25) is 5.78 Å². The summed E-state index contributed by atoms with van der Waals surface area (Å²) >= 11 is 12.9. The zero-order valence-corrected chi connectivity index (χ0v) is 11.4. The second-order valence-electron chi connectivity index (χ2n) is 3.33. The van der Waals surface area contributed by atoms with Crippen LogP contribution >= 0.6 is 34.5 Å². The number of benzene rings is 1. The molecule has 0 radical (unpaired) electrons. The first kappa shape index (κ1) is 13.1.